The van der Waals surface area contributed by atoms with Gasteiger partial charge in [-0.25, -0.2) is 4.79 Å². The van der Waals surface area contributed by atoms with E-state index in [9.17, 15) is 4.79 Å². The molecule has 0 heterocycles. The van der Waals surface area contributed by atoms with E-state index in [1.54, 1.807) is 24.3 Å². The third-order valence-electron chi connectivity index (χ3n) is 2.59. The molecule has 0 aliphatic carbocycles. The van der Waals surface area contributed by atoms with Crippen molar-refractivity contribution in [1.82, 2.24) is 4.90 Å². The number of para-hydroxylation sites is 1. The summed E-state index contributed by atoms with van der Waals surface area (Å²) in [6, 6.07) is 6.71. The molecule has 0 spiro atoms. The Morgan fingerprint density at radius 3 is 2.53 bits per heavy atom. The second-order valence-corrected chi connectivity index (χ2v) is 5.95. The highest BCUT2D eigenvalue weighted by molar-refractivity contribution is 5.90. The van der Waals surface area contributed by atoms with Gasteiger partial charge in [-0.2, -0.15) is 0 Å². The van der Waals surface area contributed by atoms with Crippen LogP contribution in [-0.2, 0) is 0 Å². The van der Waals surface area contributed by atoms with Crippen molar-refractivity contribution >= 4 is 5.97 Å². The first-order valence-electron chi connectivity index (χ1n) is 6.43. The molecule has 0 aliphatic rings. The zero-order valence-corrected chi connectivity index (χ0v) is 12.1. The van der Waals surface area contributed by atoms with Crippen molar-refractivity contribution in [3.05, 3.63) is 29.8 Å². The Morgan fingerprint density at radius 1 is 1.32 bits per heavy atom. The molecule has 106 valence electrons. The maximum atomic E-state index is 11.0. The summed E-state index contributed by atoms with van der Waals surface area (Å²) in [5, 5.41) is 9.04. The Balaban J connectivity index is 2.48. The molecular weight excluding hydrogens is 242 g/mol. The lowest BCUT2D eigenvalue weighted by molar-refractivity contribution is 0.0691. The minimum atomic E-state index is -0.960. The Bertz CT molecular complexity index is 424. The van der Waals surface area contributed by atoms with E-state index in [0.29, 0.717) is 12.4 Å². The average Bonchev–Trinajstić information content (AvgIpc) is 2.27. The molecule has 0 bridgehead atoms. The van der Waals surface area contributed by atoms with Gasteiger partial charge in [0.25, 0.3) is 0 Å². The number of carboxylic acids is 1. The molecule has 0 aromatic heterocycles. The zero-order chi connectivity index (χ0) is 14.5. The van der Waals surface area contributed by atoms with Crippen LogP contribution in [0.1, 0.15) is 31.1 Å². The number of likely N-dealkylation sites (N-methyl/N-ethyl adjacent to an activating group) is 1. The van der Waals surface area contributed by atoms with Gasteiger partial charge in [0.05, 0.1) is 0 Å². The van der Waals surface area contributed by atoms with Crippen LogP contribution in [0.25, 0.3) is 0 Å². The summed E-state index contributed by atoms with van der Waals surface area (Å²) >= 11 is 0. The van der Waals surface area contributed by atoms with Crippen LogP contribution < -0.4 is 4.74 Å². The summed E-state index contributed by atoms with van der Waals surface area (Å²) in [6.45, 7) is 8.78. The third kappa shape index (κ3) is 5.75. The highest BCUT2D eigenvalue weighted by atomic mass is 16.5. The number of hydrogen-bond acceptors (Lipinski definition) is 3. The van der Waals surface area contributed by atoms with E-state index in [2.05, 4.69) is 25.7 Å². The molecule has 0 saturated carbocycles. The van der Waals surface area contributed by atoms with E-state index in [4.69, 9.17) is 9.84 Å². The SMILES string of the molecule is CN(CCOc1ccccc1C(=O)O)CC(C)(C)C. The molecule has 0 fully saturated rings. The summed E-state index contributed by atoms with van der Waals surface area (Å²) in [5.74, 6) is -0.530. The maximum Gasteiger partial charge on any atom is 0.339 e. The molecule has 0 aliphatic heterocycles. The van der Waals surface area contributed by atoms with Crippen molar-refractivity contribution < 1.29 is 14.6 Å². The normalized spacial score (nSPS) is 11.6. The molecule has 0 radical (unpaired) electrons. The molecule has 0 unspecified atom stereocenters. The second kappa shape index (κ2) is 6.57. The molecule has 4 nitrogen and oxygen atoms in total. The molecule has 1 rings (SSSR count). The summed E-state index contributed by atoms with van der Waals surface area (Å²) < 4.78 is 5.56. The van der Waals surface area contributed by atoms with Crippen molar-refractivity contribution in [2.45, 2.75) is 20.8 Å². The Morgan fingerprint density at radius 2 is 1.95 bits per heavy atom. The lowest BCUT2D eigenvalue weighted by atomic mass is 9.96. The van der Waals surface area contributed by atoms with Gasteiger partial charge in [-0.15, -0.1) is 0 Å². The quantitative estimate of drug-likeness (QED) is 0.859. The minimum absolute atomic E-state index is 0.209. The molecule has 1 aromatic rings. The number of carbonyl (C=O) groups is 1. The molecule has 0 saturated heterocycles. The van der Waals surface area contributed by atoms with Gasteiger partial charge in [0.2, 0.25) is 0 Å². The van der Waals surface area contributed by atoms with Gasteiger partial charge in [0.15, 0.2) is 0 Å². The van der Waals surface area contributed by atoms with Crippen LogP contribution in [-0.4, -0.2) is 42.7 Å². The van der Waals surface area contributed by atoms with Gasteiger partial charge in [0, 0.05) is 13.1 Å². The molecule has 1 N–H and O–H groups in total. The Kier molecular flexibility index (Phi) is 5.36. The average molecular weight is 265 g/mol. The van der Waals surface area contributed by atoms with Crippen LogP contribution in [0.3, 0.4) is 0 Å². The molecule has 0 amide bonds. The number of carboxylic acid groups (broad SMARTS) is 1. The van der Waals surface area contributed by atoms with Crippen LogP contribution >= 0.6 is 0 Å². The predicted octanol–water partition coefficient (Wildman–Crippen LogP) is 2.74. The Hall–Kier alpha value is -1.55. The van der Waals surface area contributed by atoms with Gasteiger partial charge >= 0.3 is 5.97 Å². The first-order chi connectivity index (χ1) is 8.79. The van der Waals surface area contributed by atoms with Gasteiger partial charge in [-0.3, -0.25) is 0 Å². The minimum Gasteiger partial charge on any atom is -0.491 e. The fraction of sp³-hybridized carbons (Fsp3) is 0.533. The summed E-state index contributed by atoms with van der Waals surface area (Å²) in [4.78, 5) is 13.2. The van der Waals surface area contributed by atoms with Gasteiger partial charge in [-0.05, 0) is 24.6 Å². The van der Waals surface area contributed by atoms with E-state index in [-0.39, 0.29) is 11.0 Å². The van der Waals surface area contributed by atoms with Crippen LogP contribution in [0.2, 0.25) is 0 Å². The smallest absolute Gasteiger partial charge is 0.339 e. The van der Waals surface area contributed by atoms with Gasteiger partial charge in [-0.1, -0.05) is 32.9 Å². The number of benzene rings is 1. The Labute approximate surface area is 115 Å². The highest BCUT2D eigenvalue weighted by Gasteiger charge is 2.14. The first-order valence-corrected chi connectivity index (χ1v) is 6.43. The van der Waals surface area contributed by atoms with E-state index in [1.165, 1.54) is 0 Å². The third-order valence-corrected chi connectivity index (χ3v) is 2.59. The molecule has 0 atom stereocenters. The fourth-order valence-electron chi connectivity index (χ4n) is 1.97. The van der Waals surface area contributed by atoms with Gasteiger partial charge in [0.1, 0.15) is 17.9 Å². The topological polar surface area (TPSA) is 49.8 Å². The summed E-state index contributed by atoms with van der Waals surface area (Å²) in [7, 11) is 2.04. The fourth-order valence-corrected chi connectivity index (χ4v) is 1.97. The maximum absolute atomic E-state index is 11.0. The van der Waals surface area contributed by atoms with Crippen molar-refractivity contribution in [2.75, 3.05) is 26.7 Å². The van der Waals surface area contributed by atoms with Crippen LogP contribution in [0.5, 0.6) is 5.75 Å². The summed E-state index contributed by atoms with van der Waals surface area (Å²) in [5.41, 5.74) is 0.453. The predicted molar refractivity (Wildman–Crippen MR) is 75.8 cm³/mol. The molecule has 4 heteroatoms. The van der Waals surface area contributed by atoms with Crippen LogP contribution in [0, 0.1) is 5.41 Å². The number of nitrogens with zero attached hydrogens (tertiary/aromatic N) is 1. The van der Waals surface area contributed by atoms with Crippen molar-refractivity contribution in [3.63, 3.8) is 0 Å². The number of aromatic carboxylic acids is 1. The van der Waals surface area contributed by atoms with E-state index < -0.39 is 5.97 Å². The molecular formula is C15H23NO3. The van der Waals surface area contributed by atoms with Crippen molar-refractivity contribution in [2.24, 2.45) is 5.41 Å². The van der Waals surface area contributed by atoms with E-state index >= 15 is 0 Å². The lowest BCUT2D eigenvalue weighted by Gasteiger charge is -2.26. The molecule has 19 heavy (non-hydrogen) atoms. The highest BCUT2D eigenvalue weighted by Crippen LogP contribution is 2.18. The van der Waals surface area contributed by atoms with Crippen LogP contribution in [0.15, 0.2) is 24.3 Å². The van der Waals surface area contributed by atoms with Gasteiger partial charge < -0.3 is 14.7 Å². The van der Waals surface area contributed by atoms with Crippen molar-refractivity contribution in [3.8, 4) is 5.75 Å². The van der Waals surface area contributed by atoms with Crippen molar-refractivity contribution in [1.29, 1.82) is 0 Å². The second-order valence-electron chi connectivity index (χ2n) is 5.95. The monoisotopic (exact) mass is 265 g/mol. The standard InChI is InChI=1S/C15H23NO3/c1-15(2,3)11-16(4)9-10-19-13-8-6-5-7-12(13)14(17)18/h5-8H,9-11H2,1-4H3,(H,17,18). The molecule has 1 aromatic carbocycles. The summed E-state index contributed by atoms with van der Waals surface area (Å²) in [6.07, 6.45) is 0. The first kappa shape index (κ1) is 15.5. The van der Waals surface area contributed by atoms with E-state index in [1.807, 2.05) is 7.05 Å². The largest absolute Gasteiger partial charge is 0.491 e. The lowest BCUT2D eigenvalue weighted by Crippen LogP contribution is -2.32. The van der Waals surface area contributed by atoms with Crippen LogP contribution in [0.4, 0.5) is 0 Å². The van der Waals surface area contributed by atoms with E-state index in [0.717, 1.165) is 13.1 Å². The number of ether oxygens (including phenoxy) is 1. The zero-order valence-electron chi connectivity index (χ0n) is 12.1. The number of rotatable bonds is 6. The number of hydrogen-bond donors (Lipinski definition) is 1.